The van der Waals surface area contributed by atoms with Crippen LogP contribution in [0.2, 0.25) is 5.02 Å². The molecule has 2 nitrogen and oxygen atoms in total. The Balaban J connectivity index is 1.82. The fourth-order valence-electron chi connectivity index (χ4n) is 2.54. The Morgan fingerprint density at radius 2 is 1.74 bits per heavy atom. The van der Waals surface area contributed by atoms with Gasteiger partial charge in [-0.3, -0.25) is 0 Å². The summed E-state index contributed by atoms with van der Waals surface area (Å²) in [6.45, 7) is 0. The molecule has 0 unspecified atom stereocenters. The largest absolute Gasteiger partial charge is 0.313 e. The van der Waals surface area contributed by atoms with E-state index in [1.807, 2.05) is 36.4 Å². The maximum Gasteiger partial charge on any atom is 0.190 e. The Labute approximate surface area is 142 Å². The zero-order valence-electron chi connectivity index (χ0n) is 12.2. The standard InChI is InChI=1S/C18H14ClFN2S/c19-13-3-7-15(8-4-13)21-18-22(16-9-10-16)17(11-23-18)12-1-5-14(20)6-2-12/h1-8,11,16H,9-10H2. The van der Waals surface area contributed by atoms with Crippen LogP contribution in [-0.2, 0) is 0 Å². The van der Waals surface area contributed by atoms with Gasteiger partial charge in [-0.25, -0.2) is 9.38 Å². The molecule has 0 atom stereocenters. The monoisotopic (exact) mass is 344 g/mol. The molecule has 1 saturated carbocycles. The maximum atomic E-state index is 13.2. The van der Waals surface area contributed by atoms with Gasteiger partial charge in [-0.05, 0) is 66.9 Å². The highest BCUT2D eigenvalue weighted by Crippen LogP contribution is 2.38. The van der Waals surface area contributed by atoms with Crippen LogP contribution in [0.15, 0.2) is 58.9 Å². The van der Waals surface area contributed by atoms with Crippen LogP contribution in [0.5, 0.6) is 0 Å². The zero-order valence-corrected chi connectivity index (χ0v) is 13.8. The van der Waals surface area contributed by atoms with Crippen molar-refractivity contribution in [1.29, 1.82) is 0 Å². The molecular weight excluding hydrogens is 331 g/mol. The topological polar surface area (TPSA) is 17.3 Å². The van der Waals surface area contributed by atoms with Gasteiger partial charge in [-0.2, -0.15) is 0 Å². The summed E-state index contributed by atoms with van der Waals surface area (Å²) < 4.78 is 15.4. The molecule has 0 amide bonds. The van der Waals surface area contributed by atoms with E-state index in [0.29, 0.717) is 11.1 Å². The summed E-state index contributed by atoms with van der Waals surface area (Å²) in [5.41, 5.74) is 3.01. The SMILES string of the molecule is Fc1ccc(-c2csc(=Nc3ccc(Cl)cc3)n2C2CC2)cc1. The van der Waals surface area contributed by atoms with Crippen LogP contribution in [0.4, 0.5) is 10.1 Å². The van der Waals surface area contributed by atoms with Crippen LogP contribution in [-0.4, -0.2) is 4.57 Å². The molecule has 0 aliphatic heterocycles. The number of hydrogen-bond donors (Lipinski definition) is 0. The van der Waals surface area contributed by atoms with Crippen molar-refractivity contribution >= 4 is 28.6 Å². The van der Waals surface area contributed by atoms with E-state index in [0.717, 1.165) is 21.7 Å². The molecule has 116 valence electrons. The molecule has 4 rings (SSSR count). The van der Waals surface area contributed by atoms with E-state index in [1.165, 1.54) is 25.0 Å². The second kappa shape index (κ2) is 5.95. The van der Waals surface area contributed by atoms with E-state index >= 15 is 0 Å². The number of nitrogens with zero attached hydrogens (tertiary/aromatic N) is 2. The summed E-state index contributed by atoms with van der Waals surface area (Å²) in [4.78, 5) is 5.72. The zero-order chi connectivity index (χ0) is 15.8. The number of thiazole rings is 1. The van der Waals surface area contributed by atoms with E-state index in [-0.39, 0.29) is 5.82 Å². The van der Waals surface area contributed by atoms with Gasteiger partial charge in [0.05, 0.1) is 11.4 Å². The first kappa shape index (κ1) is 14.7. The Bertz CT molecular complexity index is 890. The normalized spacial score (nSPS) is 15.1. The number of aromatic nitrogens is 1. The van der Waals surface area contributed by atoms with Crippen molar-refractivity contribution in [2.75, 3.05) is 0 Å². The predicted molar refractivity (Wildman–Crippen MR) is 92.6 cm³/mol. The van der Waals surface area contributed by atoms with Crippen LogP contribution in [0.25, 0.3) is 11.3 Å². The molecule has 0 bridgehead atoms. The van der Waals surface area contributed by atoms with Gasteiger partial charge in [0.2, 0.25) is 0 Å². The van der Waals surface area contributed by atoms with Crippen molar-refractivity contribution in [3.63, 3.8) is 0 Å². The van der Waals surface area contributed by atoms with Crippen LogP contribution in [0.1, 0.15) is 18.9 Å². The summed E-state index contributed by atoms with van der Waals surface area (Å²) in [7, 11) is 0. The average Bonchev–Trinajstić information content (AvgIpc) is 3.31. The Hall–Kier alpha value is -1.91. The number of hydrogen-bond acceptors (Lipinski definition) is 2. The third kappa shape index (κ3) is 3.09. The lowest BCUT2D eigenvalue weighted by Crippen LogP contribution is -2.14. The van der Waals surface area contributed by atoms with Crippen molar-refractivity contribution in [2.24, 2.45) is 4.99 Å². The smallest absolute Gasteiger partial charge is 0.190 e. The first-order chi connectivity index (χ1) is 11.2. The maximum absolute atomic E-state index is 13.2. The molecule has 0 spiro atoms. The van der Waals surface area contributed by atoms with Gasteiger partial charge in [0.15, 0.2) is 4.80 Å². The lowest BCUT2D eigenvalue weighted by atomic mass is 10.1. The summed E-state index contributed by atoms with van der Waals surface area (Å²) >= 11 is 7.54. The molecule has 23 heavy (non-hydrogen) atoms. The van der Waals surface area contributed by atoms with E-state index in [2.05, 4.69) is 9.95 Å². The molecule has 1 aliphatic carbocycles. The molecule has 1 aliphatic rings. The molecule has 1 heterocycles. The second-order valence-electron chi connectivity index (χ2n) is 5.60. The molecule has 5 heteroatoms. The van der Waals surface area contributed by atoms with Crippen molar-refractivity contribution in [3.8, 4) is 11.3 Å². The first-order valence-corrected chi connectivity index (χ1v) is 8.73. The molecule has 0 N–H and O–H groups in total. The van der Waals surface area contributed by atoms with Gasteiger partial charge in [0.1, 0.15) is 5.82 Å². The van der Waals surface area contributed by atoms with Crippen LogP contribution in [0, 0.1) is 5.82 Å². The Morgan fingerprint density at radius 1 is 1.04 bits per heavy atom. The minimum atomic E-state index is -0.215. The predicted octanol–water partition coefficient (Wildman–Crippen LogP) is 5.58. The Morgan fingerprint density at radius 3 is 2.39 bits per heavy atom. The summed E-state index contributed by atoms with van der Waals surface area (Å²) in [6.07, 6.45) is 2.33. The fraction of sp³-hybridized carbons (Fsp3) is 0.167. The lowest BCUT2D eigenvalue weighted by Gasteiger charge is -2.07. The molecule has 0 saturated heterocycles. The lowest BCUT2D eigenvalue weighted by molar-refractivity contribution is 0.628. The summed E-state index contributed by atoms with van der Waals surface area (Å²) in [6, 6.07) is 14.7. The van der Waals surface area contributed by atoms with Crippen molar-refractivity contribution < 1.29 is 4.39 Å². The number of rotatable bonds is 3. The van der Waals surface area contributed by atoms with Crippen molar-refractivity contribution in [2.45, 2.75) is 18.9 Å². The van der Waals surface area contributed by atoms with E-state index in [4.69, 9.17) is 16.6 Å². The number of benzene rings is 2. The summed E-state index contributed by atoms with van der Waals surface area (Å²) in [5, 5.41) is 2.80. The van der Waals surface area contributed by atoms with Gasteiger partial charge >= 0.3 is 0 Å². The van der Waals surface area contributed by atoms with Gasteiger partial charge < -0.3 is 4.57 Å². The van der Waals surface area contributed by atoms with Crippen molar-refractivity contribution in [1.82, 2.24) is 4.57 Å². The second-order valence-corrected chi connectivity index (χ2v) is 6.87. The third-order valence-corrected chi connectivity index (χ3v) is 4.94. The summed E-state index contributed by atoms with van der Waals surface area (Å²) in [5.74, 6) is -0.215. The molecule has 0 radical (unpaired) electrons. The highest BCUT2D eigenvalue weighted by molar-refractivity contribution is 7.07. The fourth-order valence-corrected chi connectivity index (χ4v) is 3.66. The molecule has 1 fully saturated rings. The third-order valence-electron chi connectivity index (χ3n) is 3.84. The van der Waals surface area contributed by atoms with Crippen LogP contribution in [0.3, 0.4) is 0 Å². The first-order valence-electron chi connectivity index (χ1n) is 7.47. The van der Waals surface area contributed by atoms with E-state index in [9.17, 15) is 4.39 Å². The molecule has 1 aromatic heterocycles. The van der Waals surface area contributed by atoms with Gasteiger partial charge in [-0.1, -0.05) is 11.6 Å². The number of halogens is 2. The van der Waals surface area contributed by atoms with Crippen LogP contribution < -0.4 is 4.80 Å². The van der Waals surface area contributed by atoms with E-state index in [1.54, 1.807) is 11.3 Å². The molecule has 3 aromatic rings. The van der Waals surface area contributed by atoms with Gasteiger partial charge in [0.25, 0.3) is 0 Å². The Kier molecular flexibility index (Phi) is 3.79. The highest BCUT2D eigenvalue weighted by atomic mass is 35.5. The van der Waals surface area contributed by atoms with Gasteiger partial charge in [-0.15, -0.1) is 11.3 Å². The minimum absolute atomic E-state index is 0.215. The van der Waals surface area contributed by atoms with Gasteiger partial charge in [0, 0.05) is 16.4 Å². The minimum Gasteiger partial charge on any atom is -0.313 e. The molecular formula is C18H14ClFN2S. The molecule has 2 aromatic carbocycles. The highest BCUT2D eigenvalue weighted by Gasteiger charge is 2.27. The average molecular weight is 345 g/mol. The van der Waals surface area contributed by atoms with Crippen LogP contribution >= 0.6 is 22.9 Å². The quantitative estimate of drug-likeness (QED) is 0.590. The van der Waals surface area contributed by atoms with Crippen molar-refractivity contribution in [3.05, 3.63) is 69.6 Å². The van der Waals surface area contributed by atoms with E-state index < -0.39 is 0 Å².